The predicted molar refractivity (Wildman–Crippen MR) is 77.7 cm³/mol. The van der Waals surface area contributed by atoms with E-state index in [2.05, 4.69) is 4.98 Å². The molecular formula is C14H19N3O4. The first-order valence-electron chi connectivity index (χ1n) is 7.09. The van der Waals surface area contributed by atoms with Crippen molar-refractivity contribution in [3.63, 3.8) is 0 Å². The second kappa shape index (κ2) is 6.51. The summed E-state index contributed by atoms with van der Waals surface area (Å²) >= 11 is 0. The molecule has 0 amide bonds. The van der Waals surface area contributed by atoms with Crippen LogP contribution in [0, 0.1) is 16.0 Å². The maximum Gasteiger partial charge on any atom is 0.354 e. The second-order valence-corrected chi connectivity index (χ2v) is 5.49. The molecule has 1 aliphatic rings. The fourth-order valence-electron chi connectivity index (χ4n) is 2.83. The molecule has 0 bridgehead atoms. The van der Waals surface area contributed by atoms with Gasteiger partial charge in [0.05, 0.1) is 4.92 Å². The Hall–Kier alpha value is -2.18. The molecule has 1 heterocycles. The molecule has 1 N–H and O–H groups in total. The average Bonchev–Trinajstić information content (AvgIpc) is 2.47. The average molecular weight is 293 g/mol. The molecule has 114 valence electrons. The van der Waals surface area contributed by atoms with Crippen LogP contribution in [-0.2, 0) is 0 Å². The van der Waals surface area contributed by atoms with E-state index in [1.165, 1.54) is 31.4 Å². The fraction of sp³-hybridized carbons (Fsp3) is 0.571. The summed E-state index contributed by atoms with van der Waals surface area (Å²) < 4.78 is 0. The van der Waals surface area contributed by atoms with Crippen molar-refractivity contribution in [3.8, 4) is 0 Å². The fourth-order valence-corrected chi connectivity index (χ4v) is 2.83. The largest absolute Gasteiger partial charge is 0.477 e. The normalized spacial score (nSPS) is 15.7. The van der Waals surface area contributed by atoms with Crippen LogP contribution >= 0.6 is 0 Å². The van der Waals surface area contributed by atoms with Crippen LogP contribution in [0.15, 0.2) is 12.1 Å². The third kappa shape index (κ3) is 3.68. The minimum absolute atomic E-state index is 0.130. The summed E-state index contributed by atoms with van der Waals surface area (Å²) in [6, 6.07) is 2.38. The van der Waals surface area contributed by atoms with E-state index in [4.69, 9.17) is 5.11 Å². The van der Waals surface area contributed by atoms with Gasteiger partial charge >= 0.3 is 11.7 Å². The van der Waals surface area contributed by atoms with Crippen molar-refractivity contribution in [2.75, 3.05) is 18.5 Å². The Morgan fingerprint density at radius 3 is 2.67 bits per heavy atom. The monoisotopic (exact) mass is 293 g/mol. The molecule has 7 heteroatoms. The molecule has 7 nitrogen and oxygen atoms in total. The van der Waals surface area contributed by atoms with Gasteiger partial charge in [0.15, 0.2) is 5.69 Å². The smallest absolute Gasteiger partial charge is 0.354 e. The Morgan fingerprint density at radius 1 is 1.43 bits per heavy atom. The quantitative estimate of drug-likeness (QED) is 0.662. The summed E-state index contributed by atoms with van der Waals surface area (Å²) in [5, 5.41) is 20.1. The van der Waals surface area contributed by atoms with Gasteiger partial charge in [-0.1, -0.05) is 19.3 Å². The first-order chi connectivity index (χ1) is 9.99. The van der Waals surface area contributed by atoms with E-state index in [0.29, 0.717) is 12.5 Å². The van der Waals surface area contributed by atoms with E-state index in [1.807, 2.05) is 0 Å². The zero-order chi connectivity index (χ0) is 15.4. The van der Waals surface area contributed by atoms with Crippen molar-refractivity contribution in [1.82, 2.24) is 4.98 Å². The lowest BCUT2D eigenvalue weighted by Crippen LogP contribution is -2.28. The third-order valence-electron chi connectivity index (χ3n) is 3.89. The molecule has 0 aliphatic heterocycles. The van der Waals surface area contributed by atoms with Gasteiger partial charge in [-0.15, -0.1) is 0 Å². The van der Waals surface area contributed by atoms with E-state index >= 15 is 0 Å². The number of hydrogen-bond donors (Lipinski definition) is 1. The Balaban J connectivity index is 2.23. The molecule has 1 aliphatic carbocycles. The highest BCUT2D eigenvalue weighted by molar-refractivity contribution is 5.86. The molecule has 0 atom stereocenters. The van der Waals surface area contributed by atoms with E-state index in [1.54, 1.807) is 11.9 Å². The predicted octanol–water partition coefficient (Wildman–Crippen LogP) is 2.70. The van der Waals surface area contributed by atoms with Gasteiger partial charge in [0.2, 0.25) is 5.82 Å². The number of carbonyl (C=O) groups is 1. The molecule has 0 unspecified atom stereocenters. The maximum absolute atomic E-state index is 11.1. The lowest BCUT2D eigenvalue weighted by molar-refractivity contribution is -0.384. The summed E-state index contributed by atoms with van der Waals surface area (Å²) in [6.07, 6.45) is 5.83. The van der Waals surface area contributed by atoms with Gasteiger partial charge in [-0.3, -0.25) is 10.1 Å². The highest BCUT2D eigenvalue weighted by Gasteiger charge is 2.24. The minimum Gasteiger partial charge on any atom is -0.477 e. The molecular weight excluding hydrogens is 274 g/mol. The molecule has 1 saturated carbocycles. The number of nitrogens with zero attached hydrogens (tertiary/aromatic N) is 3. The van der Waals surface area contributed by atoms with E-state index in [9.17, 15) is 14.9 Å². The van der Waals surface area contributed by atoms with Crippen molar-refractivity contribution >= 4 is 17.5 Å². The summed E-state index contributed by atoms with van der Waals surface area (Å²) in [5.74, 6) is -0.568. The molecule has 1 aromatic heterocycles. The van der Waals surface area contributed by atoms with E-state index in [0.717, 1.165) is 12.8 Å². The summed E-state index contributed by atoms with van der Waals surface area (Å²) in [7, 11) is 1.73. The zero-order valence-electron chi connectivity index (χ0n) is 12.0. The second-order valence-electron chi connectivity index (χ2n) is 5.49. The van der Waals surface area contributed by atoms with E-state index in [-0.39, 0.29) is 17.2 Å². The standard InChI is InChI=1S/C14H19N3O4/c1-16(9-10-5-3-2-4-6-10)13-12(17(20)21)8-7-11(15-13)14(18)19/h7-8,10H,2-6,9H2,1H3,(H,18,19). The van der Waals surface area contributed by atoms with Crippen LogP contribution in [0.2, 0.25) is 0 Å². The molecule has 21 heavy (non-hydrogen) atoms. The van der Waals surface area contributed by atoms with Gasteiger partial charge in [0.25, 0.3) is 0 Å². The zero-order valence-corrected chi connectivity index (χ0v) is 12.0. The molecule has 1 aromatic rings. The first kappa shape index (κ1) is 15.2. The number of nitro groups is 1. The van der Waals surface area contributed by atoms with Gasteiger partial charge in [-0.2, -0.15) is 0 Å². The molecule has 0 spiro atoms. The Labute approximate surface area is 122 Å². The molecule has 0 aromatic carbocycles. The Kier molecular flexibility index (Phi) is 4.72. The van der Waals surface area contributed by atoms with Crippen LogP contribution in [0.4, 0.5) is 11.5 Å². The van der Waals surface area contributed by atoms with Crippen molar-refractivity contribution < 1.29 is 14.8 Å². The minimum atomic E-state index is -1.18. The highest BCUT2D eigenvalue weighted by Crippen LogP contribution is 2.29. The number of carboxylic acids is 1. The van der Waals surface area contributed by atoms with Crippen molar-refractivity contribution in [1.29, 1.82) is 0 Å². The number of hydrogen-bond acceptors (Lipinski definition) is 5. The van der Waals surface area contributed by atoms with Gasteiger partial charge < -0.3 is 10.0 Å². The molecule has 1 fully saturated rings. The third-order valence-corrected chi connectivity index (χ3v) is 3.89. The van der Waals surface area contributed by atoms with Crippen LogP contribution < -0.4 is 4.90 Å². The van der Waals surface area contributed by atoms with Gasteiger partial charge in [-0.25, -0.2) is 9.78 Å². The van der Waals surface area contributed by atoms with Crippen molar-refractivity contribution in [2.45, 2.75) is 32.1 Å². The number of rotatable bonds is 5. The molecule has 0 saturated heterocycles. The van der Waals surface area contributed by atoms with Crippen LogP contribution in [-0.4, -0.2) is 34.6 Å². The molecule has 2 rings (SSSR count). The lowest BCUT2D eigenvalue weighted by atomic mass is 9.89. The number of aromatic nitrogens is 1. The van der Waals surface area contributed by atoms with Crippen LogP contribution in [0.3, 0.4) is 0 Å². The Morgan fingerprint density at radius 2 is 2.10 bits per heavy atom. The summed E-state index contributed by atoms with van der Waals surface area (Å²) in [4.78, 5) is 27.2. The van der Waals surface area contributed by atoms with Crippen molar-refractivity contribution in [3.05, 3.63) is 27.9 Å². The van der Waals surface area contributed by atoms with Crippen molar-refractivity contribution in [2.24, 2.45) is 5.92 Å². The SMILES string of the molecule is CN(CC1CCCCC1)c1nc(C(=O)O)ccc1[N+](=O)[O-]. The van der Waals surface area contributed by atoms with Crippen LogP contribution in [0.1, 0.15) is 42.6 Å². The summed E-state index contributed by atoms with van der Waals surface area (Å²) in [5.41, 5.74) is -0.329. The Bertz CT molecular complexity index is 541. The molecule has 0 radical (unpaired) electrons. The highest BCUT2D eigenvalue weighted by atomic mass is 16.6. The first-order valence-corrected chi connectivity index (χ1v) is 7.09. The topological polar surface area (TPSA) is 96.6 Å². The van der Waals surface area contributed by atoms with E-state index < -0.39 is 10.9 Å². The summed E-state index contributed by atoms with van der Waals surface area (Å²) in [6.45, 7) is 0.664. The van der Waals surface area contributed by atoms with Crippen LogP contribution in [0.25, 0.3) is 0 Å². The number of anilines is 1. The number of pyridine rings is 1. The van der Waals surface area contributed by atoms with Crippen LogP contribution in [0.5, 0.6) is 0 Å². The van der Waals surface area contributed by atoms with Gasteiger partial charge in [0, 0.05) is 19.7 Å². The van der Waals surface area contributed by atoms with Gasteiger partial charge in [0.1, 0.15) is 0 Å². The maximum atomic E-state index is 11.1. The number of aromatic carboxylic acids is 1. The van der Waals surface area contributed by atoms with Gasteiger partial charge in [-0.05, 0) is 24.8 Å². The lowest BCUT2D eigenvalue weighted by Gasteiger charge is -2.27. The number of carboxylic acid groups (broad SMARTS) is 1.